The zero-order valence-electron chi connectivity index (χ0n) is 8.18. The first-order chi connectivity index (χ1) is 6.75. The van der Waals surface area contributed by atoms with Gasteiger partial charge in [-0.2, -0.15) is 0 Å². The molecule has 1 amide bonds. The number of hydrogen-bond acceptors (Lipinski definition) is 2. The highest BCUT2D eigenvalue weighted by molar-refractivity contribution is 14.1. The maximum atomic E-state index is 11.6. The molecule has 0 aliphatic heterocycles. The van der Waals surface area contributed by atoms with Gasteiger partial charge in [0.15, 0.2) is 0 Å². The Balaban J connectivity index is 2.32. The highest BCUT2D eigenvalue weighted by atomic mass is 127. The number of rotatable bonds is 5. The summed E-state index contributed by atoms with van der Waals surface area (Å²) >= 11 is 3.86. The quantitative estimate of drug-likeness (QED) is 0.504. The average molecular weight is 323 g/mol. The Morgan fingerprint density at radius 3 is 2.93 bits per heavy atom. The molecule has 0 spiro atoms. The molecule has 1 N–H and O–H groups in total. The van der Waals surface area contributed by atoms with Gasteiger partial charge in [-0.25, -0.2) is 0 Å². The lowest BCUT2D eigenvalue weighted by atomic mass is 10.3. The summed E-state index contributed by atoms with van der Waals surface area (Å²) < 4.78 is 1.16. The molecule has 0 atom stereocenters. The van der Waals surface area contributed by atoms with E-state index in [2.05, 4.69) is 27.9 Å². The van der Waals surface area contributed by atoms with Crippen molar-refractivity contribution in [2.24, 2.45) is 0 Å². The molecular formula is C10H14INOS. The summed E-state index contributed by atoms with van der Waals surface area (Å²) in [6, 6.07) is 1.98. The van der Waals surface area contributed by atoms with E-state index in [-0.39, 0.29) is 5.91 Å². The van der Waals surface area contributed by atoms with Crippen molar-refractivity contribution in [3.63, 3.8) is 0 Å². The summed E-state index contributed by atoms with van der Waals surface area (Å²) in [5.74, 6) is 0.0750. The molecule has 0 fully saturated rings. The molecule has 0 unspecified atom stereocenters. The van der Waals surface area contributed by atoms with Crippen molar-refractivity contribution in [2.75, 3.05) is 11.0 Å². The molecule has 0 aliphatic rings. The number of thiophene rings is 1. The summed E-state index contributed by atoms with van der Waals surface area (Å²) in [6.45, 7) is 2.76. The third-order valence-electron chi connectivity index (χ3n) is 1.91. The van der Waals surface area contributed by atoms with Crippen LogP contribution in [0.15, 0.2) is 11.4 Å². The first-order valence-electron chi connectivity index (χ1n) is 4.64. The van der Waals surface area contributed by atoms with Gasteiger partial charge < -0.3 is 5.32 Å². The fraction of sp³-hybridized carbons (Fsp3) is 0.500. The second kappa shape index (κ2) is 6.40. The standard InChI is InChI=1S/C10H14INOS/c1-8-4-7-14-9(8)10(13)12-6-3-2-5-11/h4,7H,2-3,5-6H2,1H3,(H,12,13). The smallest absolute Gasteiger partial charge is 0.261 e. The van der Waals surface area contributed by atoms with E-state index in [9.17, 15) is 4.79 Å². The molecule has 14 heavy (non-hydrogen) atoms. The van der Waals surface area contributed by atoms with Gasteiger partial charge in [-0.15, -0.1) is 11.3 Å². The van der Waals surface area contributed by atoms with Crippen LogP contribution in [0.1, 0.15) is 28.1 Å². The summed E-state index contributed by atoms with van der Waals surface area (Å²) in [5, 5.41) is 4.88. The number of alkyl halides is 1. The molecule has 0 radical (unpaired) electrons. The predicted molar refractivity (Wildman–Crippen MR) is 69.5 cm³/mol. The Morgan fingerprint density at radius 1 is 1.57 bits per heavy atom. The minimum Gasteiger partial charge on any atom is -0.351 e. The normalized spacial score (nSPS) is 10.1. The maximum absolute atomic E-state index is 11.6. The average Bonchev–Trinajstić information content (AvgIpc) is 2.59. The topological polar surface area (TPSA) is 29.1 Å². The monoisotopic (exact) mass is 323 g/mol. The number of unbranched alkanes of at least 4 members (excludes halogenated alkanes) is 1. The predicted octanol–water partition coefficient (Wildman–Crippen LogP) is 3.00. The van der Waals surface area contributed by atoms with Crippen LogP contribution in [-0.4, -0.2) is 16.9 Å². The minimum absolute atomic E-state index is 0.0750. The van der Waals surface area contributed by atoms with Crippen LogP contribution in [0.3, 0.4) is 0 Å². The van der Waals surface area contributed by atoms with Crippen LogP contribution in [0, 0.1) is 6.92 Å². The van der Waals surface area contributed by atoms with Crippen molar-refractivity contribution in [1.29, 1.82) is 0 Å². The van der Waals surface area contributed by atoms with Gasteiger partial charge in [0.05, 0.1) is 4.88 Å². The first kappa shape index (κ1) is 12.0. The van der Waals surface area contributed by atoms with Crippen molar-refractivity contribution in [3.8, 4) is 0 Å². The van der Waals surface area contributed by atoms with Gasteiger partial charge in [-0.05, 0) is 41.2 Å². The lowest BCUT2D eigenvalue weighted by Crippen LogP contribution is -2.24. The van der Waals surface area contributed by atoms with E-state index in [0.29, 0.717) is 0 Å². The van der Waals surface area contributed by atoms with Gasteiger partial charge >= 0.3 is 0 Å². The fourth-order valence-electron chi connectivity index (χ4n) is 1.11. The minimum atomic E-state index is 0.0750. The second-order valence-electron chi connectivity index (χ2n) is 3.08. The lowest BCUT2D eigenvalue weighted by Gasteiger charge is -2.03. The molecule has 1 aromatic heterocycles. The largest absolute Gasteiger partial charge is 0.351 e. The van der Waals surface area contributed by atoms with E-state index in [1.165, 1.54) is 17.8 Å². The van der Waals surface area contributed by atoms with Gasteiger partial charge in [0.1, 0.15) is 0 Å². The summed E-state index contributed by atoms with van der Waals surface area (Å²) in [7, 11) is 0. The first-order valence-corrected chi connectivity index (χ1v) is 7.04. The summed E-state index contributed by atoms with van der Waals surface area (Å²) in [5.41, 5.74) is 1.07. The Labute approximate surface area is 102 Å². The van der Waals surface area contributed by atoms with Crippen molar-refractivity contribution in [3.05, 3.63) is 21.9 Å². The van der Waals surface area contributed by atoms with Crippen LogP contribution in [-0.2, 0) is 0 Å². The molecule has 4 heteroatoms. The molecule has 0 aliphatic carbocycles. The summed E-state index contributed by atoms with van der Waals surface area (Å²) in [6.07, 6.45) is 2.24. The van der Waals surface area contributed by atoms with Gasteiger partial charge in [0.25, 0.3) is 5.91 Å². The van der Waals surface area contributed by atoms with E-state index in [1.807, 2.05) is 18.4 Å². The van der Waals surface area contributed by atoms with E-state index >= 15 is 0 Å². The molecule has 1 rings (SSSR count). The van der Waals surface area contributed by atoms with E-state index in [4.69, 9.17) is 0 Å². The molecule has 1 aromatic rings. The third-order valence-corrected chi connectivity index (χ3v) is 3.69. The van der Waals surface area contributed by atoms with E-state index in [1.54, 1.807) is 0 Å². The summed E-state index contributed by atoms with van der Waals surface area (Å²) in [4.78, 5) is 12.4. The molecule has 1 heterocycles. The number of amides is 1. The fourth-order valence-corrected chi connectivity index (χ4v) is 2.49. The zero-order valence-corrected chi connectivity index (χ0v) is 11.2. The Bertz CT molecular complexity index is 298. The van der Waals surface area contributed by atoms with Gasteiger partial charge in [0, 0.05) is 6.54 Å². The van der Waals surface area contributed by atoms with E-state index < -0.39 is 0 Å². The number of aryl methyl sites for hydroxylation is 1. The Morgan fingerprint density at radius 2 is 2.36 bits per heavy atom. The third kappa shape index (κ3) is 3.57. The highest BCUT2D eigenvalue weighted by Crippen LogP contribution is 2.14. The van der Waals surface area contributed by atoms with E-state index in [0.717, 1.165) is 27.8 Å². The second-order valence-corrected chi connectivity index (χ2v) is 5.08. The molecule has 78 valence electrons. The van der Waals surface area contributed by atoms with Crippen molar-refractivity contribution < 1.29 is 4.79 Å². The van der Waals surface area contributed by atoms with Crippen LogP contribution >= 0.6 is 33.9 Å². The Hall–Kier alpha value is -0.100. The SMILES string of the molecule is Cc1ccsc1C(=O)NCCCCI. The van der Waals surface area contributed by atoms with Crippen LogP contribution in [0.25, 0.3) is 0 Å². The van der Waals surface area contributed by atoms with Crippen molar-refractivity contribution in [1.82, 2.24) is 5.32 Å². The van der Waals surface area contributed by atoms with Crippen LogP contribution in [0.2, 0.25) is 0 Å². The van der Waals surface area contributed by atoms with Gasteiger partial charge in [-0.3, -0.25) is 4.79 Å². The van der Waals surface area contributed by atoms with Crippen LogP contribution in [0.5, 0.6) is 0 Å². The van der Waals surface area contributed by atoms with Crippen molar-refractivity contribution >= 4 is 39.8 Å². The molecule has 0 saturated heterocycles. The molecule has 0 saturated carbocycles. The Kier molecular flexibility index (Phi) is 5.47. The zero-order chi connectivity index (χ0) is 10.4. The van der Waals surface area contributed by atoms with Gasteiger partial charge in [0.2, 0.25) is 0 Å². The number of nitrogens with one attached hydrogen (secondary N) is 1. The molecule has 0 bridgehead atoms. The van der Waals surface area contributed by atoms with Gasteiger partial charge in [-0.1, -0.05) is 22.6 Å². The van der Waals surface area contributed by atoms with Crippen LogP contribution < -0.4 is 5.32 Å². The molecule has 2 nitrogen and oxygen atoms in total. The number of carbonyl (C=O) groups is 1. The lowest BCUT2D eigenvalue weighted by molar-refractivity contribution is 0.0956. The number of hydrogen-bond donors (Lipinski definition) is 1. The van der Waals surface area contributed by atoms with Crippen molar-refractivity contribution in [2.45, 2.75) is 19.8 Å². The highest BCUT2D eigenvalue weighted by Gasteiger charge is 2.08. The molecule has 0 aromatic carbocycles. The molecular weight excluding hydrogens is 309 g/mol. The number of carbonyl (C=O) groups excluding carboxylic acids is 1. The maximum Gasteiger partial charge on any atom is 0.261 e. The number of halogens is 1. The van der Waals surface area contributed by atoms with Crippen LogP contribution in [0.4, 0.5) is 0 Å².